The highest BCUT2D eigenvalue weighted by molar-refractivity contribution is 5.15. The maximum Gasteiger partial charge on any atom is 0.123 e. The van der Waals surface area contributed by atoms with E-state index in [1.54, 1.807) is 0 Å². The van der Waals surface area contributed by atoms with Crippen molar-refractivity contribution in [3.8, 4) is 0 Å². The molecule has 0 aromatic heterocycles. The quantitative estimate of drug-likeness (QED) is 0.749. The van der Waals surface area contributed by atoms with Crippen molar-refractivity contribution in [1.29, 1.82) is 0 Å². The summed E-state index contributed by atoms with van der Waals surface area (Å²) in [6.45, 7) is 5.72. The lowest BCUT2D eigenvalue weighted by molar-refractivity contribution is 0.329. The van der Waals surface area contributed by atoms with Crippen LogP contribution < -0.4 is 5.32 Å². The summed E-state index contributed by atoms with van der Waals surface area (Å²) in [6, 6.07) is 6.72. The van der Waals surface area contributed by atoms with Crippen molar-refractivity contribution >= 4 is 0 Å². The highest BCUT2D eigenvalue weighted by atomic mass is 19.1. The van der Waals surface area contributed by atoms with Crippen LogP contribution >= 0.6 is 0 Å². The zero-order chi connectivity index (χ0) is 12.6. The number of hydrogen-bond donors (Lipinski definition) is 1. The van der Waals surface area contributed by atoms with Crippen LogP contribution in [0.15, 0.2) is 24.3 Å². The molecule has 0 spiro atoms. The van der Waals surface area contributed by atoms with Crippen LogP contribution in [0.3, 0.4) is 0 Å². The Kier molecular flexibility index (Phi) is 5.62. The molecule has 18 heavy (non-hydrogen) atoms. The molecule has 0 saturated carbocycles. The lowest BCUT2D eigenvalue weighted by atomic mass is 10.2. The number of hydrogen-bond acceptors (Lipinski definition) is 2. The second kappa shape index (κ2) is 7.49. The summed E-state index contributed by atoms with van der Waals surface area (Å²) in [5.41, 5.74) is 1.15. The SMILES string of the molecule is Fc1ccc(CNCCCCN2CCCC2)cc1. The molecule has 2 nitrogen and oxygen atoms in total. The molecule has 0 radical (unpaired) electrons. The van der Waals surface area contributed by atoms with Gasteiger partial charge >= 0.3 is 0 Å². The van der Waals surface area contributed by atoms with Gasteiger partial charge in [0.1, 0.15) is 5.82 Å². The van der Waals surface area contributed by atoms with E-state index in [0.717, 1.165) is 18.7 Å². The Bertz CT molecular complexity index is 331. The van der Waals surface area contributed by atoms with E-state index in [1.807, 2.05) is 12.1 Å². The molecular weight excluding hydrogens is 227 g/mol. The number of unbranched alkanes of at least 4 members (excludes halogenated alkanes) is 1. The van der Waals surface area contributed by atoms with Crippen molar-refractivity contribution in [3.05, 3.63) is 35.6 Å². The van der Waals surface area contributed by atoms with Crippen molar-refractivity contribution in [2.45, 2.75) is 32.2 Å². The summed E-state index contributed by atoms with van der Waals surface area (Å²) in [6.07, 6.45) is 5.25. The monoisotopic (exact) mass is 250 g/mol. The Labute approximate surface area is 109 Å². The molecule has 1 aromatic rings. The molecule has 1 aliphatic rings. The molecule has 1 saturated heterocycles. The summed E-state index contributed by atoms with van der Waals surface area (Å²) in [5, 5.41) is 3.41. The number of halogens is 1. The van der Waals surface area contributed by atoms with Crippen molar-refractivity contribution < 1.29 is 4.39 Å². The average molecular weight is 250 g/mol. The number of benzene rings is 1. The Balaban J connectivity index is 1.49. The fraction of sp³-hybridized carbons (Fsp3) is 0.600. The van der Waals surface area contributed by atoms with Gasteiger partial charge in [0, 0.05) is 6.54 Å². The van der Waals surface area contributed by atoms with Gasteiger partial charge in [-0.3, -0.25) is 0 Å². The third-order valence-corrected chi connectivity index (χ3v) is 3.52. The molecule has 0 aliphatic carbocycles. The highest BCUT2D eigenvalue weighted by Crippen LogP contribution is 2.08. The van der Waals surface area contributed by atoms with Crippen LogP contribution in [0.5, 0.6) is 0 Å². The second-order valence-corrected chi connectivity index (χ2v) is 5.06. The summed E-state index contributed by atoms with van der Waals surface area (Å²) < 4.78 is 12.7. The first-order valence-corrected chi connectivity index (χ1v) is 7.02. The summed E-state index contributed by atoms with van der Waals surface area (Å²) in [5.74, 6) is -0.163. The molecule has 0 bridgehead atoms. The van der Waals surface area contributed by atoms with Crippen LogP contribution in [0.4, 0.5) is 4.39 Å². The van der Waals surface area contributed by atoms with Crippen LogP contribution in [-0.4, -0.2) is 31.1 Å². The van der Waals surface area contributed by atoms with Gasteiger partial charge in [-0.1, -0.05) is 12.1 Å². The largest absolute Gasteiger partial charge is 0.313 e. The van der Waals surface area contributed by atoms with Gasteiger partial charge in [0.2, 0.25) is 0 Å². The normalized spacial score (nSPS) is 16.3. The van der Waals surface area contributed by atoms with Crippen molar-refractivity contribution in [1.82, 2.24) is 10.2 Å². The van der Waals surface area contributed by atoms with Gasteiger partial charge in [0.25, 0.3) is 0 Å². The minimum Gasteiger partial charge on any atom is -0.313 e. The Morgan fingerprint density at radius 3 is 2.50 bits per heavy atom. The summed E-state index contributed by atoms with van der Waals surface area (Å²) >= 11 is 0. The molecule has 2 rings (SSSR count). The molecule has 3 heteroatoms. The van der Waals surface area contributed by atoms with Crippen molar-refractivity contribution in [3.63, 3.8) is 0 Å². The minimum atomic E-state index is -0.163. The number of nitrogens with zero attached hydrogens (tertiary/aromatic N) is 1. The molecule has 1 N–H and O–H groups in total. The second-order valence-electron chi connectivity index (χ2n) is 5.06. The molecule has 0 amide bonds. The van der Waals surface area contributed by atoms with E-state index < -0.39 is 0 Å². The molecule has 1 fully saturated rings. The fourth-order valence-electron chi connectivity index (χ4n) is 2.43. The molecule has 1 aromatic carbocycles. The van der Waals surface area contributed by atoms with Crippen LogP contribution in [0, 0.1) is 5.82 Å². The van der Waals surface area contributed by atoms with E-state index in [4.69, 9.17) is 0 Å². The van der Waals surface area contributed by atoms with E-state index in [0.29, 0.717) is 0 Å². The van der Waals surface area contributed by atoms with Gasteiger partial charge in [-0.25, -0.2) is 4.39 Å². The van der Waals surface area contributed by atoms with E-state index in [2.05, 4.69) is 10.2 Å². The Hall–Kier alpha value is -0.930. The average Bonchev–Trinajstić information content (AvgIpc) is 2.89. The highest BCUT2D eigenvalue weighted by Gasteiger charge is 2.09. The van der Waals surface area contributed by atoms with Gasteiger partial charge in [-0.2, -0.15) is 0 Å². The topological polar surface area (TPSA) is 15.3 Å². The van der Waals surface area contributed by atoms with Crippen LogP contribution in [0.25, 0.3) is 0 Å². The lowest BCUT2D eigenvalue weighted by Gasteiger charge is -2.14. The molecule has 100 valence electrons. The Morgan fingerprint density at radius 1 is 1.06 bits per heavy atom. The molecular formula is C15H23FN2. The predicted octanol–water partition coefficient (Wildman–Crippen LogP) is 2.79. The van der Waals surface area contributed by atoms with Gasteiger partial charge < -0.3 is 10.2 Å². The standard InChI is InChI=1S/C15H23FN2/c16-15-7-5-14(6-8-15)13-17-9-1-2-10-18-11-3-4-12-18/h5-8,17H,1-4,9-13H2. The first kappa shape index (κ1) is 13.5. The van der Waals surface area contributed by atoms with Crippen molar-refractivity contribution in [2.75, 3.05) is 26.2 Å². The van der Waals surface area contributed by atoms with Crippen molar-refractivity contribution in [2.24, 2.45) is 0 Å². The lowest BCUT2D eigenvalue weighted by Crippen LogP contribution is -2.22. The van der Waals surface area contributed by atoms with E-state index >= 15 is 0 Å². The minimum absolute atomic E-state index is 0.163. The van der Waals surface area contributed by atoms with Gasteiger partial charge in [0.05, 0.1) is 0 Å². The Morgan fingerprint density at radius 2 is 1.78 bits per heavy atom. The molecule has 0 atom stereocenters. The fourth-order valence-corrected chi connectivity index (χ4v) is 2.43. The summed E-state index contributed by atoms with van der Waals surface area (Å²) in [4.78, 5) is 2.56. The first-order chi connectivity index (χ1) is 8.84. The predicted molar refractivity (Wildman–Crippen MR) is 73.0 cm³/mol. The van der Waals surface area contributed by atoms with Crippen LogP contribution in [-0.2, 0) is 6.54 Å². The third kappa shape index (κ3) is 4.75. The zero-order valence-electron chi connectivity index (χ0n) is 11.0. The van der Waals surface area contributed by atoms with Gasteiger partial charge in [-0.05, 0) is 69.6 Å². The maximum atomic E-state index is 12.7. The van der Waals surface area contributed by atoms with Crippen LogP contribution in [0.2, 0.25) is 0 Å². The zero-order valence-corrected chi connectivity index (χ0v) is 11.0. The van der Waals surface area contributed by atoms with E-state index in [-0.39, 0.29) is 5.82 Å². The maximum absolute atomic E-state index is 12.7. The number of likely N-dealkylation sites (tertiary alicyclic amines) is 1. The van der Waals surface area contributed by atoms with Crippen LogP contribution in [0.1, 0.15) is 31.2 Å². The third-order valence-electron chi connectivity index (χ3n) is 3.52. The van der Waals surface area contributed by atoms with Gasteiger partial charge in [-0.15, -0.1) is 0 Å². The van der Waals surface area contributed by atoms with E-state index in [1.165, 1.54) is 57.5 Å². The molecule has 1 heterocycles. The summed E-state index contributed by atoms with van der Waals surface area (Å²) in [7, 11) is 0. The molecule has 1 aliphatic heterocycles. The molecule has 0 unspecified atom stereocenters. The first-order valence-electron chi connectivity index (χ1n) is 7.02. The number of nitrogens with one attached hydrogen (secondary N) is 1. The smallest absolute Gasteiger partial charge is 0.123 e. The van der Waals surface area contributed by atoms with Gasteiger partial charge in [0.15, 0.2) is 0 Å². The number of rotatable bonds is 7. The van der Waals surface area contributed by atoms with E-state index in [9.17, 15) is 4.39 Å².